The molecule has 0 aromatic heterocycles. The third-order valence-corrected chi connectivity index (χ3v) is 2.05. The van der Waals surface area contributed by atoms with Gasteiger partial charge in [-0.3, -0.25) is 0 Å². The van der Waals surface area contributed by atoms with Crippen molar-refractivity contribution in [3.05, 3.63) is 59.7 Å². The lowest BCUT2D eigenvalue weighted by Crippen LogP contribution is -1.97. The van der Waals surface area contributed by atoms with Crippen LogP contribution in [0, 0.1) is 0 Å². The number of aliphatic hydroxyl groups is 1. The second-order valence-electron chi connectivity index (χ2n) is 2.73. The average molecular weight is 195 g/mol. The third kappa shape index (κ3) is 2.44. The number of hydrogen-bond donors (Lipinski definition) is 1. The predicted octanol–water partition coefficient (Wildman–Crippen LogP) is 3.12. The Morgan fingerprint density at radius 1 is 1.38 bits per heavy atom. The van der Waals surface area contributed by atoms with E-state index in [4.69, 9.17) is 11.6 Å². The summed E-state index contributed by atoms with van der Waals surface area (Å²) in [7, 11) is 0. The van der Waals surface area contributed by atoms with Gasteiger partial charge in [0.15, 0.2) is 0 Å². The van der Waals surface area contributed by atoms with Crippen molar-refractivity contribution in [1.82, 2.24) is 0 Å². The van der Waals surface area contributed by atoms with Crippen LogP contribution in [0.5, 0.6) is 0 Å². The highest BCUT2D eigenvalue weighted by Gasteiger charge is 2.07. The van der Waals surface area contributed by atoms with Crippen LogP contribution in [0.3, 0.4) is 0 Å². The summed E-state index contributed by atoms with van der Waals surface area (Å²) in [5, 5.41) is 10.3. The van der Waals surface area contributed by atoms with E-state index in [9.17, 15) is 5.11 Å². The molecule has 1 atom stereocenters. The van der Waals surface area contributed by atoms with E-state index >= 15 is 0 Å². The molecular formula is C11H11ClO. The number of benzene rings is 1. The van der Waals surface area contributed by atoms with Gasteiger partial charge < -0.3 is 5.11 Å². The fraction of sp³-hybridized carbons (Fsp3) is 0.0909. The molecule has 0 radical (unpaired) electrons. The first-order valence-electron chi connectivity index (χ1n) is 3.90. The van der Waals surface area contributed by atoms with Crippen LogP contribution >= 0.6 is 11.6 Å². The Balaban J connectivity index is 2.89. The minimum Gasteiger partial charge on any atom is -0.384 e. The molecule has 13 heavy (non-hydrogen) atoms. The van der Waals surface area contributed by atoms with Gasteiger partial charge in [-0.25, -0.2) is 0 Å². The maximum absolute atomic E-state index is 9.67. The molecule has 0 heterocycles. The Labute approximate surface area is 83.0 Å². The van der Waals surface area contributed by atoms with Crippen LogP contribution in [-0.2, 0) is 0 Å². The van der Waals surface area contributed by atoms with Gasteiger partial charge in [0.25, 0.3) is 0 Å². The minimum absolute atomic E-state index is 0.585. The van der Waals surface area contributed by atoms with Gasteiger partial charge in [-0.1, -0.05) is 43.0 Å². The van der Waals surface area contributed by atoms with Crippen LogP contribution < -0.4 is 0 Å². The number of aliphatic hydroxyl groups excluding tert-OH is 1. The smallest absolute Gasteiger partial charge is 0.103 e. The van der Waals surface area contributed by atoms with Gasteiger partial charge in [-0.2, -0.15) is 0 Å². The zero-order valence-corrected chi connectivity index (χ0v) is 7.96. The van der Waals surface area contributed by atoms with Crippen LogP contribution in [0.25, 0.3) is 0 Å². The van der Waals surface area contributed by atoms with Gasteiger partial charge in [0, 0.05) is 5.02 Å². The lowest BCUT2D eigenvalue weighted by atomic mass is 10.0. The Hall–Kier alpha value is -1.05. The van der Waals surface area contributed by atoms with Crippen LogP contribution in [0.2, 0.25) is 5.02 Å². The van der Waals surface area contributed by atoms with Crippen molar-refractivity contribution in [2.45, 2.75) is 6.10 Å². The summed E-state index contributed by atoms with van der Waals surface area (Å²) >= 11 is 5.71. The van der Waals surface area contributed by atoms with E-state index in [0.717, 1.165) is 5.56 Å². The van der Waals surface area contributed by atoms with E-state index in [1.54, 1.807) is 30.3 Å². The fourth-order valence-corrected chi connectivity index (χ4v) is 1.10. The second kappa shape index (κ2) is 4.26. The van der Waals surface area contributed by atoms with Crippen LogP contribution in [-0.4, -0.2) is 5.11 Å². The van der Waals surface area contributed by atoms with Gasteiger partial charge in [-0.15, -0.1) is 0 Å². The Morgan fingerprint density at radius 2 is 1.92 bits per heavy atom. The normalized spacial score (nSPS) is 12.2. The first kappa shape index (κ1) is 10.0. The van der Waals surface area contributed by atoms with Crippen molar-refractivity contribution in [3.63, 3.8) is 0 Å². The van der Waals surface area contributed by atoms with E-state index in [0.29, 0.717) is 10.6 Å². The highest BCUT2D eigenvalue weighted by atomic mass is 35.5. The molecule has 1 unspecified atom stereocenters. The molecule has 1 N–H and O–H groups in total. The standard InChI is InChI=1S/C11H11ClO/c1-3-8(2)11(13)9-4-6-10(12)7-5-9/h3-7,11,13H,1-2H2. The van der Waals surface area contributed by atoms with E-state index in [2.05, 4.69) is 13.2 Å². The summed E-state index contributed by atoms with van der Waals surface area (Å²) in [5.41, 5.74) is 1.36. The molecule has 1 rings (SSSR count). The second-order valence-corrected chi connectivity index (χ2v) is 3.17. The molecule has 0 aliphatic carbocycles. The molecule has 0 spiro atoms. The van der Waals surface area contributed by atoms with Gasteiger partial charge >= 0.3 is 0 Å². The Kier molecular flexibility index (Phi) is 3.29. The lowest BCUT2D eigenvalue weighted by molar-refractivity contribution is 0.220. The maximum Gasteiger partial charge on any atom is 0.103 e. The van der Waals surface area contributed by atoms with Crippen LogP contribution in [0.1, 0.15) is 11.7 Å². The maximum atomic E-state index is 9.67. The quantitative estimate of drug-likeness (QED) is 0.734. The van der Waals surface area contributed by atoms with Gasteiger partial charge in [-0.05, 0) is 23.3 Å². The first-order valence-corrected chi connectivity index (χ1v) is 4.27. The molecule has 0 aliphatic rings. The molecule has 1 aromatic carbocycles. The van der Waals surface area contributed by atoms with Crippen molar-refractivity contribution >= 4 is 11.6 Å². The van der Waals surface area contributed by atoms with Gasteiger partial charge in [0.1, 0.15) is 6.10 Å². The van der Waals surface area contributed by atoms with Crippen LogP contribution in [0.4, 0.5) is 0 Å². The number of rotatable bonds is 3. The molecule has 2 heteroatoms. The van der Waals surface area contributed by atoms with Gasteiger partial charge in [0.05, 0.1) is 0 Å². The molecule has 1 nitrogen and oxygen atoms in total. The molecule has 0 amide bonds. The summed E-state index contributed by atoms with van der Waals surface area (Å²) in [4.78, 5) is 0. The van der Waals surface area contributed by atoms with Crippen LogP contribution in [0.15, 0.2) is 49.1 Å². The summed E-state index contributed by atoms with van der Waals surface area (Å²) in [5.74, 6) is 0. The summed E-state index contributed by atoms with van der Waals surface area (Å²) < 4.78 is 0. The Morgan fingerprint density at radius 3 is 2.38 bits per heavy atom. The molecule has 0 saturated carbocycles. The molecule has 0 aliphatic heterocycles. The van der Waals surface area contributed by atoms with Crippen molar-refractivity contribution in [2.75, 3.05) is 0 Å². The topological polar surface area (TPSA) is 20.2 Å². The third-order valence-electron chi connectivity index (χ3n) is 1.80. The first-order chi connectivity index (χ1) is 6.15. The number of hydrogen-bond acceptors (Lipinski definition) is 1. The SMILES string of the molecule is C=CC(=C)C(O)c1ccc(Cl)cc1. The monoisotopic (exact) mass is 194 g/mol. The molecule has 0 bridgehead atoms. The van der Waals surface area contributed by atoms with E-state index < -0.39 is 6.10 Å². The average Bonchev–Trinajstić information content (AvgIpc) is 2.17. The largest absolute Gasteiger partial charge is 0.384 e. The Bertz CT molecular complexity index is 313. The summed E-state index contributed by atoms with van der Waals surface area (Å²) in [6.07, 6.45) is 0.856. The summed E-state index contributed by atoms with van der Waals surface area (Å²) in [6, 6.07) is 7.00. The molecule has 0 fully saturated rings. The van der Waals surface area contributed by atoms with Crippen molar-refractivity contribution < 1.29 is 5.11 Å². The van der Waals surface area contributed by atoms with Crippen molar-refractivity contribution in [3.8, 4) is 0 Å². The molecule has 1 aromatic rings. The van der Waals surface area contributed by atoms with E-state index in [-0.39, 0.29) is 0 Å². The highest BCUT2D eigenvalue weighted by Crippen LogP contribution is 2.22. The highest BCUT2D eigenvalue weighted by molar-refractivity contribution is 6.30. The number of halogens is 1. The minimum atomic E-state index is -0.685. The molecular weight excluding hydrogens is 184 g/mol. The lowest BCUT2D eigenvalue weighted by Gasteiger charge is -2.10. The zero-order chi connectivity index (χ0) is 9.84. The fourth-order valence-electron chi connectivity index (χ4n) is 0.971. The van der Waals surface area contributed by atoms with Gasteiger partial charge in [0.2, 0.25) is 0 Å². The van der Waals surface area contributed by atoms with Crippen molar-refractivity contribution in [2.24, 2.45) is 0 Å². The zero-order valence-electron chi connectivity index (χ0n) is 7.20. The van der Waals surface area contributed by atoms with E-state index in [1.165, 1.54) is 0 Å². The predicted molar refractivity (Wildman–Crippen MR) is 55.7 cm³/mol. The summed E-state index contributed by atoms with van der Waals surface area (Å²) in [6.45, 7) is 7.21. The van der Waals surface area contributed by atoms with Crippen molar-refractivity contribution in [1.29, 1.82) is 0 Å². The van der Waals surface area contributed by atoms with E-state index in [1.807, 2.05) is 0 Å². The molecule has 0 saturated heterocycles. The molecule has 68 valence electrons.